The van der Waals surface area contributed by atoms with Gasteiger partial charge in [-0.05, 0) is 93.6 Å². The minimum atomic E-state index is 0.0291. The summed E-state index contributed by atoms with van der Waals surface area (Å²) < 4.78 is 8.39. The minimum Gasteiger partial charge on any atom is -0.496 e. The minimum absolute atomic E-state index is 0.0291. The van der Waals surface area contributed by atoms with Crippen LogP contribution in [0.15, 0.2) is 102 Å². The van der Waals surface area contributed by atoms with Crippen molar-refractivity contribution in [3.05, 3.63) is 157 Å². The van der Waals surface area contributed by atoms with Gasteiger partial charge in [0.25, 0.3) is 5.56 Å². The normalized spacial score (nSPS) is 17.9. The summed E-state index contributed by atoms with van der Waals surface area (Å²) in [5.74, 6) is 1.02. The zero-order valence-electron chi connectivity index (χ0n) is 23.7. The zero-order valence-corrected chi connectivity index (χ0v) is 23.7. The molecule has 5 aromatic carbocycles. The van der Waals surface area contributed by atoms with E-state index in [1.807, 2.05) is 13.2 Å². The molecule has 4 aliphatic rings. The van der Waals surface area contributed by atoms with E-state index in [2.05, 4.69) is 95.6 Å². The van der Waals surface area contributed by atoms with Crippen LogP contribution in [0.5, 0.6) is 5.75 Å². The third-order valence-corrected chi connectivity index (χ3v) is 10.1. The van der Waals surface area contributed by atoms with Crippen LogP contribution in [-0.2, 0) is 19.4 Å². The summed E-state index contributed by atoms with van der Waals surface area (Å²) in [7, 11) is 1.81. The molecule has 0 amide bonds. The lowest BCUT2D eigenvalue weighted by atomic mass is 9.60. The third kappa shape index (κ3) is 3.19. The maximum absolute atomic E-state index is 14.5. The first kappa shape index (κ1) is 24.0. The maximum Gasteiger partial charge on any atom is 0.254 e. The molecule has 2 bridgehead atoms. The van der Waals surface area contributed by atoms with Crippen molar-refractivity contribution >= 4 is 21.7 Å². The average Bonchev–Trinajstić information content (AvgIpc) is 3.05. The van der Waals surface area contributed by atoms with Crippen molar-refractivity contribution < 1.29 is 4.74 Å². The molecule has 0 saturated carbocycles. The van der Waals surface area contributed by atoms with Crippen molar-refractivity contribution in [1.82, 2.24) is 4.57 Å². The van der Waals surface area contributed by atoms with Crippen molar-refractivity contribution in [1.29, 1.82) is 0 Å². The molecule has 2 atom stereocenters. The highest BCUT2D eigenvalue weighted by atomic mass is 16.5. The Balaban J connectivity index is 1.45. The number of aromatic nitrogens is 1. The van der Waals surface area contributed by atoms with Crippen molar-refractivity contribution in [2.24, 2.45) is 0 Å². The van der Waals surface area contributed by atoms with Gasteiger partial charge in [-0.3, -0.25) is 4.79 Å². The summed E-state index contributed by atoms with van der Waals surface area (Å²) >= 11 is 0. The molecule has 42 heavy (non-hydrogen) atoms. The number of pyridine rings is 1. The van der Waals surface area contributed by atoms with E-state index in [4.69, 9.17) is 4.74 Å². The van der Waals surface area contributed by atoms with E-state index < -0.39 is 0 Å². The predicted molar refractivity (Wildman–Crippen MR) is 169 cm³/mol. The molecule has 1 heterocycles. The molecule has 0 saturated heterocycles. The largest absolute Gasteiger partial charge is 0.496 e. The summed E-state index contributed by atoms with van der Waals surface area (Å²) in [6.07, 6.45) is 3.98. The number of benzene rings is 5. The molecule has 4 aliphatic carbocycles. The van der Waals surface area contributed by atoms with Gasteiger partial charge in [0, 0.05) is 28.3 Å². The van der Waals surface area contributed by atoms with Gasteiger partial charge in [-0.1, -0.05) is 78.9 Å². The second-order valence-corrected chi connectivity index (χ2v) is 12.2. The highest BCUT2D eigenvalue weighted by Crippen LogP contribution is 2.60. The lowest BCUT2D eigenvalue weighted by Gasteiger charge is -2.44. The molecule has 0 radical (unpaired) electrons. The molecular weight excluding hydrogens is 514 g/mol. The Hall–Kier alpha value is -4.63. The van der Waals surface area contributed by atoms with Gasteiger partial charge in [0.05, 0.1) is 19.2 Å². The van der Waals surface area contributed by atoms with Crippen molar-refractivity contribution in [3.63, 3.8) is 0 Å². The first-order valence-corrected chi connectivity index (χ1v) is 15.2. The van der Waals surface area contributed by atoms with Gasteiger partial charge in [0.1, 0.15) is 5.75 Å². The summed E-state index contributed by atoms with van der Waals surface area (Å²) in [6, 6.07) is 35.1. The Labute approximate surface area is 245 Å². The highest BCUT2D eigenvalue weighted by Gasteiger charge is 2.45. The van der Waals surface area contributed by atoms with Crippen LogP contribution in [0.2, 0.25) is 0 Å². The van der Waals surface area contributed by atoms with E-state index in [0.29, 0.717) is 6.54 Å². The molecule has 0 unspecified atom stereocenters. The fraction of sp³-hybridized carbons (Fsp3) is 0.205. The molecule has 10 rings (SSSR count). The van der Waals surface area contributed by atoms with Crippen LogP contribution in [0.1, 0.15) is 74.7 Å². The quantitative estimate of drug-likeness (QED) is 0.225. The summed E-state index contributed by atoms with van der Waals surface area (Å²) in [6.45, 7) is 0.561. The SMILES string of the molecule is COc1cc2c3c(c(=O)n(Cc4ccccc4)c2c2c1[C@@H]1c4ccccc4[C@H]2c2cc4ccccc4cc21)CCCC3. The number of methoxy groups -OCH3 is 1. The Morgan fingerprint density at radius 1 is 0.690 bits per heavy atom. The molecule has 0 spiro atoms. The zero-order chi connectivity index (χ0) is 27.9. The Morgan fingerprint density at radius 2 is 1.29 bits per heavy atom. The molecule has 204 valence electrons. The predicted octanol–water partition coefficient (Wildman–Crippen LogP) is 8.08. The van der Waals surface area contributed by atoms with E-state index >= 15 is 0 Å². The lowest BCUT2D eigenvalue weighted by Crippen LogP contribution is -2.33. The first-order valence-electron chi connectivity index (χ1n) is 15.2. The van der Waals surface area contributed by atoms with Gasteiger partial charge in [-0.2, -0.15) is 0 Å². The Kier molecular flexibility index (Phi) is 5.11. The molecule has 0 N–H and O–H groups in total. The van der Waals surface area contributed by atoms with Crippen LogP contribution < -0.4 is 10.3 Å². The van der Waals surface area contributed by atoms with Crippen molar-refractivity contribution in [2.45, 2.75) is 44.1 Å². The second-order valence-electron chi connectivity index (χ2n) is 12.2. The van der Waals surface area contributed by atoms with Crippen molar-refractivity contribution in [3.8, 4) is 5.75 Å². The van der Waals surface area contributed by atoms with Gasteiger partial charge in [0.2, 0.25) is 0 Å². The van der Waals surface area contributed by atoms with Gasteiger partial charge < -0.3 is 9.30 Å². The molecule has 0 aliphatic heterocycles. The molecule has 3 heteroatoms. The fourth-order valence-electron chi connectivity index (χ4n) is 8.35. The Bertz CT molecular complexity index is 2140. The first-order chi connectivity index (χ1) is 20.7. The number of rotatable bonds is 3. The van der Waals surface area contributed by atoms with E-state index in [1.165, 1.54) is 55.1 Å². The molecule has 0 fully saturated rings. The summed E-state index contributed by atoms with van der Waals surface area (Å²) in [5, 5.41) is 3.72. The number of nitrogens with zero attached hydrogens (tertiary/aromatic N) is 1. The summed E-state index contributed by atoms with van der Waals surface area (Å²) in [5.41, 5.74) is 12.6. The number of hydrogen-bond donors (Lipinski definition) is 0. The second kappa shape index (κ2) is 8.93. The van der Waals surface area contributed by atoms with Crippen LogP contribution in [-0.4, -0.2) is 11.7 Å². The fourth-order valence-corrected chi connectivity index (χ4v) is 8.35. The standard InChI is InChI=1S/C39H31NO2/c1-42-33-21-32-26-15-7-10-18-29(26)39(41)40(22-23-11-3-2-4-12-23)38(32)37-35-28-17-9-8-16-27(28)34(36(33)37)30-19-24-13-5-6-14-25(24)20-31(30)35/h2-6,8-9,11-14,16-17,19-21,34-35H,7,10,15,18,22H2,1H3/t34-,35+/m1/s1. The van der Waals surface area contributed by atoms with Gasteiger partial charge >= 0.3 is 0 Å². The summed E-state index contributed by atoms with van der Waals surface area (Å²) in [4.78, 5) is 14.5. The monoisotopic (exact) mass is 545 g/mol. The lowest BCUT2D eigenvalue weighted by molar-refractivity contribution is 0.407. The number of ether oxygens (including phenoxy) is 1. The number of hydrogen-bond acceptors (Lipinski definition) is 2. The molecular formula is C39H31NO2. The van der Waals surface area contributed by atoms with Gasteiger partial charge in [-0.15, -0.1) is 0 Å². The van der Waals surface area contributed by atoms with E-state index in [1.54, 1.807) is 0 Å². The van der Waals surface area contributed by atoms with E-state index in [-0.39, 0.29) is 17.4 Å². The Morgan fingerprint density at radius 3 is 1.95 bits per heavy atom. The van der Waals surface area contributed by atoms with Crippen LogP contribution in [0.25, 0.3) is 21.7 Å². The van der Waals surface area contributed by atoms with Gasteiger partial charge in [-0.25, -0.2) is 0 Å². The smallest absolute Gasteiger partial charge is 0.254 e. The van der Waals surface area contributed by atoms with Crippen LogP contribution in [0.4, 0.5) is 0 Å². The van der Waals surface area contributed by atoms with E-state index in [0.717, 1.165) is 48.1 Å². The number of fused-ring (bicyclic) bond motifs is 4. The number of aryl methyl sites for hydroxylation is 1. The van der Waals surface area contributed by atoms with Gasteiger partial charge in [0.15, 0.2) is 0 Å². The maximum atomic E-state index is 14.5. The van der Waals surface area contributed by atoms with Crippen LogP contribution in [0.3, 0.4) is 0 Å². The van der Waals surface area contributed by atoms with E-state index in [9.17, 15) is 4.79 Å². The third-order valence-electron chi connectivity index (χ3n) is 10.1. The molecule has 6 aromatic rings. The van der Waals surface area contributed by atoms with Crippen LogP contribution in [0, 0.1) is 0 Å². The topological polar surface area (TPSA) is 31.2 Å². The van der Waals surface area contributed by atoms with Crippen LogP contribution >= 0.6 is 0 Å². The molecule has 1 aromatic heterocycles. The van der Waals surface area contributed by atoms with Crippen molar-refractivity contribution in [2.75, 3.05) is 7.11 Å². The average molecular weight is 546 g/mol. The molecule has 3 nitrogen and oxygen atoms in total. The highest BCUT2D eigenvalue weighted by molar-refractivity contribution is 5.95.